The van der Waals surface area contributed by atoms with Crippen molar-refractivity contribution in [3.63, 3.8) is 0 Å². The maximum atomic E-state index is 12.9. The molecule has 0 bridgehead atoms. The van der Waals surface area contributed by atoms with Crippen LogP contribution in [0.25, 0.3) is 5.65 Å². The third kappa shape index (κ3) is 2.02. The van der Waals surface area contributed by atoms with Crippen molar-refractivity contribution in [3.05, 3.63) is 54.5 Å². The van der Waals surface area contributed by atoms with Crippen molar-refractivity contribution in [2.75, 3.05) is 6.54 Å². The molecule has 3 aromatic rings. The van der Waals surface area contributed by atoms with E-state index < -0.39 is 0 Å². The highest BCUT2D eigenvalue weighted by Crippen LogP contribution is 2.32. The van der Waals surface area contributed by atoms with Gasteiger partial charge in [0.05, 0.1) is 24.1 Å². The van der Waals surface area contributed by atoms with E-state index in [4.69, 9.17) is 0 Å². The van der Waals surface area contributed by atoms with Gasteiger partial charge in [0, 0.05) is 31.3 Å². The van der Waals surface area contributed by atoms with Crippen LogP contribution >= 0.6 is 0 Å². The molecule has 1 fully saturated rings. The maximum absolute atomic E-state index is 12.9. The minimum atomic E-state index is -0.0538. The molecule has 4 rings (SSSR count). The van der Waals surface area contributed by atoms with E-state index in [-0.39, 0.29) is 11.9 Å². The lowest BCUT2D eigenvalue weighted by Gasteiger charge is -2.23. The van der Waals surface area contributed by atoms with Crippen LogP contribution in [0.5, 0.6) is 0 Å². The first-order chi connectivity index (χ1) is 10.8. The molecule has 4 heterocycles. The van der Waals surface area contributed by atoms with Crippen LogP contribution in [-0.2, 0) is 0 Å². The van der Waals surface area contributed by atoms with E-state index >= 15 is 0 Å². The van der Waals surface area contributed by atoms with Gasteiger partial charge in [0.25, 0.3) is 5.91 Å². The van der Waals surface area contributed by atoms with Crippen LogP contribution in [0.2, 0.25) is 0 Å². The van der Waals surface area contributed by atoms with Crippen LogP contribution in [0.4, 0.5) is 0 Å². The molecule has 0 aliphatic carbocycles. The monoisotopic (exact) mass is 294 g/mol. The van der Waals surface area contributed by atoms with Crippen molar-refractivity contribution in [2.45, 2.75) is 18.9 Å². The standard InChI is InChI=1S/C15H14N6O/c22-15(11-9-19-21-8-2-4-18-14(11)21)20-7-1-3-13(20)12-10-16-5-6-17-12/h2,4-6,8-10,13H,1,3,7H2/t13-/m1/s1. The summed E-state index contributed by atoms with van der Waals surface area (Å²) in [5.41, 5.74) is 1.94. The Hall–Kier alpha value is -2.83. The number of hydrogen-bond donors (Lipinski definition) is 0. The van der Waals surface area contributed by atoms with Gasteiger partial charge in [-0.15, -0.1) is 0 Å². The van der Waals surface area contributed by atoms with Gasteiger partial charge in [-0.2, -0.15) is 5.10 Å². The first kappa shape index (κ1) is 12.9. The summed E-state index contributed by atoms with van der Waals surface area (Å²) in [7, 11) is 0. The Balaban J connectivity index is 1.70. The van der Waals surface area contributed by atoms with Crippen LogP contribution in [0.15, 0.2) is 43.2 Å². The zero-order valence-electron chi connectivity index (χ0n) is 11.8. The molecule has 1 saturated heterocycles. The van der Waals surface area contributed by atoms with Gasteiger partial charge in [-0.05, 0) is 18.9 Å². The number of nitrogens with zero attached hydrogens (tertiary/aromatic N) is 6. The number of rotatable bonds is 2. The van der Waals surface area contributed by atoms with Crippen molar-refractivity contribution >= 4 is 11.6 Å². The number of fused-ring (bicyclic) bond motifs is 1. The summed E-state index contributed by atoms with van der Waals surface area (Å²) in [5, 5.41) is 4.19. The Bertz CT molecular complexity index is 815. The normalized spacial score (nSPS) is 18.0. The Morgan fingerprint density at radius 1 is 1.18 bits per heavy atom. The first-order valence-electron chi connectivity index (χ1n) is 7.20. The van der Waals surface area contributed by atoms with Crippen LogP contribution in [-0.4, -0.2) is 41.9 Å². The number of carbonyl (C=O) groups is 1. The van der Waals surface area contributed by atoms with Crippen molar-refractivity contribution in [2.24, 2.45) is 0 Å². The summed E-state index contributed by atoms with van der Waals surface area (Å²) < 4.78 is 1.61. The highest BCUT2D eigenvalue weighted by atomic mass is 16.2. The van der Waals surface area contributed by atoms with Crippen LogP contribution in [0.3, 0.4) is 0 Å². The van der Waals surface area contributed by atoms with E-state index in [0.29, 0.717) is 17.8 Å². The second kappa shape index (κ2) is 5.18. The summed E-state index contributed by atoms with van der Waals surface area (Å²) >= 11 is 0. The number of hydrogen-bond acceptors (Lipinski definition) is 5. The molecule has 0 spiro atoms. The molecule has 7 heteroatoms. The molecule has 22 heavy (non-hydrogen) atoms. The van der Waals surface area contributed by atoms with Gasteiger partial charge >= 0.3 is 0 Å². The summed E-state index contributed by atoms with van der Waals surface area (Å²) in [5.74, 6) is -0.0538. The van der Waals surface area contributed by atoms with Crippen LogP contribution in [0, 0.1) is 0 Å². The molecule has 3 aromatic heterocycles. The molecule has 1 atom stereocenters. The van der Waals surface area contributed by atoms with Gasteiger partial charge in [0.15, 0.2) is 5.65 Å². The predicted octanol–water partition coefficient (Wildman–Crippen LogP) is 1.50. The lowest BCUT2D eigenvalue weighted by atomic mass is 10.1. The van der Waals surface area contributed by atoms with Gasteiger partial charge in [0.2, 0.25) is 0 Å². The Kier molecular flexibility index (Phi) is 3.03. The van der Waals surface area contributed by atoms with Gasteiger partial charge < -0.3 is 4.90 Å². The fourth-order valence-electron chi connectivity index (χ4n) is 2.93. The van der Waals surface area contributed by atoms with Crippen molar-refractivity contribution in [1.29, 1.82) is 0 Å². The third-order valence-electron chi connectivity index (χ3n) is 3.95. The Morgan fingerprint density at radius 3 is 3.00 bits per heavy atom. The molecule has 1 amide bonds. The van der Waals surface area contributed by atoms with E-state index in [1.807, 2.05) is 4.90 Å². The van der Waals surface area contributed by atoms with E-state index in [0.717, 1.165) is 18.5 Å². The lowest BCUT2D eigenvalue weighted by Crippen LogP contribution is -2.31. The lowest BCUT2D eigenvalue weighted by molar-refractivity contribution is 0.0734. The SMILES string of the molecule is O=C(c1cnn2cccnc12)N1CCC[C@@H]1c1cnccn1. The molecule has 1 aliphatic rings. The van der Waals surface area contributed by atoms with Gasteiger partial charge in [-0.1, -0.05) is 0 Å². The number of aromatic nitrogens is 5. The van der Waals surface area contributed by atoms with Gasteiger partial charge in [-0.25, -0.2) is 9.50 Å². The molecule has 0 radical (unpaired) electrons. The number of amides is 1. The Morgan fingerprint density at radius 2 is 2.14 bits per heavy atom. The summed E-state index contributed by atoms with van der Waals surface area (Å²) in [4.78, 5) is 27.4. The zero-order chi connectivity index (χ0) is 14.9. The van der Waals surface area contributed by atoms with Gasteiger partial charge in [-0.3, -0.25) is 14.8 Å². The molecule has 110 valence electrons. The van der Waals surface area contributed by atoms with E-state index in [1.165, 1.54) is 0 Å². The van der Waals surface area contributed by atoms with Crippen LogP contribution in [0.1, 0.15) is 34.9 Å². The average molecular weight is 294 g/mol. The highest BCUT2D eigenvalue weighted by molar-refractivity contribution is 5.99. The largest absolute Gasteiger partial charge is 0.330 e. The smallest absolute Gasteiger partial charge is 0.259 e. The van der Waals surface area contributed by atoms with E-state index in [1.54, 1.807) is 47.8 Å². The second-order valence-corrected chi connectivity index (χ2v) is 5.23. The Labute approximate surface area is 126 Å². The topological polar surface area (TPSA) is 76.3 Å². The van der Waals surface area contributed by atoms with Gasteiger partial charge in [0.1, 0.15) is 5.56 Å². The number of carbonyl (C=O) groups excluding carboxylic acids is 1. The summed E-state index contributed by atoms with van der Waals surface area (Å²) in [6.07, 6.45) is 11.9. The quantitative estimate of drug-likeness (QED) is 0.716. The zero-order valence-corrected chi connectivity index (χ0v) is 11.8. The number of likely N-dealkylation sites (tertiary alicyclic amines) is 1. The maximum Gasteiger partial charge on any atom is 0.259 e. The minimum absolute atomic E-state index is 0.0279. The molecule has 0 N–H and O–H groups in total. The third-order valence-corrected chi connectivity index (χ3v) is 3.95. The van der Waals surface area contributed by atoms with E-state index in [9.17, 15) is 4.79 Å². The van der Waals surface area contributed by atoms with Crippen molar-refractivity contribution in [3.8, 4) is 0 Å². The molecular formula is C15H14N6O. The molecule has 7 nitrogen and oxygen atoms in total. The fourth-order valence-corrected chi connectivity index (χ4v) is 2.93. The molecular weight excluding hydrogens is 280 g/mol. The van der Waals surface area contributed by atoms with Crippen LogP contribution < -0.4 is 0 Å². The van der Waals surface area contributed by atoms with Crippen molar-refractivity contribution in [1.82, 2.24) is 29.5 Å². The second-order valence-electron chi connectivity index (χ2n) is 5.23. The summed E-state index contributed by atoms with van der Waals surface area (Å²) in [6.45, 7) is 0.713. The first-order valence-corrected chi connectivity index (χ1v) is 7.20. The molecule has 0 saturated carbocycles. The molecule has 0 unspecified atom stereocenters. The fraction of sp³-hybridized carbons (Fsp3) is 0.267. The predicted molar refractivity (Wildman–Crippen MR) is 78.0 cm³/mol. The van der Waals surface area contributed by atoms with Crippen molar-refractivity contribution < 1.29 is 4.79 Å². The minimum Gasteiger partial charge on any atom is -0.330 e. The molecule has 1 aliphatic heterocycles. The average Bonchev–Trinajstić information content (AvgIpc) is 3.22. The summed E-state index contributed by atoms with van der Waals surface area (Å²) in [6, 6.07) is 1.76. The highest BCUT2D eigenvalue weighted by Gasteiger charge is 2.33. The molecule has 0 aromatic carbocycles. The van der Waals surface area contributed by atoms with E-state index in [2.05, 4.69) is 20.1 Å².